The maximum absolute atomic E-state index is 11.2. The second-order valence-electron chi connectivity index (χ2n) is 4.12. The Morgan fingerprint density at radius 1 is 1.10 bits per heavy atom. The van der Waals surface area contributed by atoms with E-state index in [2.05, 4.69) is 4.98 Å². The number of hydrogen-bond acceptors (Lipinski definition) is 5. The van der Waals surface area contributed by atoms with Crippen molar-refractivity contribution >= 4 is 21.4 Å². The highest BCUT2D eigenvalue weighted by Crippen LogP contribution is 2.29. The minimum atomic E-state index is -3.66. The Hall–Kier alpha value is -1.96. The number of aromatic nitrogens is 1. The average Bonchev–Trinajstić information content (AvgIpc) is 3.09. The van der Waals surface area contributed by atoms with Crippen LogP contribution >= 0.6 is 11.3 Å². The number of rotatable bonds is 3. The molecule has 3 aromatic rings. The van der Waals surface area contributed by atoms with Crippen LogP contribution in [0, 0.1) is 0 Å². The van der Waals surface area contributed by atoms with E-state index in [4.69, 9.17) is 9.56 Å². The van der Waals surface area contributed by atoms with Gasteiger partial charge in [0.05, 0.1) is 16.9 Å². The van der Waals surface area contributed by atoms with Crippen molar-refractivity contribution in [3.63, 3.8) is 0 Å². The monoisotopic (exact) mass is 306 g/mol. The van der Waals surface area contributed by atoms with Gasteiger partial charge in [0.2, 0.25) is 10.0 Å². The van der Waals surface area contributed by atoms with Crippen molar-refractivity contribution in [3.05, 3.63) is 48.2 Å². The van der Waals surface area contributed by atoms with Crippen LogP contribution in [0.1, 0.15) is 0 Å². The lowest BCUT2D eigenvalue weighted by Crippen LogP contribution is -2.11. The highest BCUT2D eigenvalue weighted by molar-refractivity contribution is 7.89. The standard InChI is InChI=1S/C13H10N2O3S2/c14-20(16,17)11-3-1-9(2-4-11)12-8-19-13(15-12)10-5-6-18-7-10/h1-8H,(H2,14,16,17). The topological polar surface area (TPSA) is 86.2 Å². The molecule has 2 heterocycles. The van der Waals surface area contributed by atoms with E-state index in [1.807, 2.05) is 11.4 Å². The van der Waals surface area contributed by atoms with Gasteiger partial charge < -0.3 is 4.42 Å². The van der Waals surface area contributed by atoms with E-state index < -0.39 is 10.0 Å². The summed E-state index contributed by atoms with van der Waals surface area (Å²) in [6, 6.07) is 8.16. The summed E-state index contributed by atoms with van der Waals surface area (Å²) >= 11 is 1.50. The Bertz CT molecular complexity index is 819. The van der Waals surface area contributed by atoms with Crippen LogP contribution in [-0.4, -0.2) is 13.4 Å². The maximum Gasteiger partial charge on any atom is 0.238 e. The SMILES string of the molecule is NS(=O)(=O)c1ccc(-c2csc(-c3ccoc3)n2)cc1. The van der Waals surface area contributed by atoms with Crippen LogP contribution in [0.2, 0.25) is 0 Å². The zero-order valence-electron chi connectivity index (χ0n) is 10.2. The largest absolute Gasteiger partial charge is 0.472 e. The second kappa shape index (κ2) is 4.86. The van der Waals surface area contributed by atoms with E-state index in [0.717, 1.165) is 21.8 Å². The van der Waals surface area contributed by atoms with Crippen molar-refractivity contribution in [1.82, 2.24) is 4.98 Å². The molecule has 0 bridgehead atoms. The first-order valence-electron chi connectivity index (χ1n) is 5.65. The summed E-state index contributed by atoms with van der Waals surface area (Å²) in [4.78, 5) is 4.58. The molecule has 0 spiro atoms. The van der Waals surface area contributed by atoms with Crippen molar-refractivity contribution in [1.29, 1.82) is 0 Å². The number of hydrogen-bond donors (Lipinski definition) is 1. The summed E-state index contributed by atoms with van der Waals surface area (Å²) in [5, 5.41) is 7.82. The van der Waals surface area contributed by atoms with Gasteiger partial charge in [-0.05, 0) is 18.2 Å². The smallest absolute Gasteiger partial charge is 0.238 e. The van der Waals surface area contributed by atoms with Gasteiger partial charge in [-0.25, -0.2) is 18.5 Å². The minimum absolute atomic E-state index is 0.0894. The lowest BCUT2D eigenvalue weighted by atomic mass is 10.2. The van der Waals surface area contributed by atoms with Crippen LogP contribution in [0.5, 0.6) is 0 Å². The second-order valence-corrected chi connectivity index (χ2v) is 6.54. The van der Waals surface area contributed by atoms with Crippen LogP contribution in [0.15, 0.2) is 57.6 Å². The number of sulfonamides is 1. The first kappa shape index (κ1) is 13.0. The van der Waals surface area contributed by atoms with Gasteiger partial charge in [-0.15, -0.1) is 11.3 Å². The molecule has 0 fully saturated rings. The first-order valence-corrected chi connectivity index (χ1v) is 8.08. The number of nitrogens with two attached hydrogens (primary N) is 1. The Balaban J connectivity index is 1.94. The third-order valence-corrected chi connectivity index (χ3v) is 4.57. The molecule has 2 aromatic heterocycles. The molecule has 3 rings (SSSR count). The fraction of sp³-hybridized carbons (Fsp3) is 0. The van der Waals surface area contributed by atoms with Crippen LogP contribution < -0.4 is 5.14 Å². The molecule has 0 atom stereocenters. The highest BCUT2D eigenvalue weighted by atomic mass is 32.2. The van der Waals surface area contributed by atoms with Crippen molar-refractivity contribution in [2.75, 3.05) is 0 Å². The molecule has 0 saturated heterocycles. The molecule has 0 aliphatic rings. The number of primary sulfonamides is 1. The lowest BCUT2D eigenvalue weighted by molar-refractivity contribution is 0.568. The Labute approximate surface area is 119 Å². The molecular formula is C13H10N2O3S2. The van der Waals surface area contributed by atoms with Gasteiger partial charge in [-0.3, -0.25) is 0 Å². The van der Waals surface area contributed by atoms with Crippen LogP contribution in [0.4, 0.5) is 0 Å². The third kappa shape index (κ3) is 2.51. The van der Waals surface area contributed by atoms with Gasteiger partial charge in [0.1, 0.15) is 11.3 Å². The van der Waals surface area contributed by atoms with E-state index in [0.29, 0.717) is 0 Å². The molecule has 0 amide bonds. The van der Waals surface area contributed by atoms with Gasteiger partial charge in [0.15, 0.2) is 0 Å². The van der Waals surface area contributed by atoms with Crippen molar-refractivity contribution in [3.8, 4) is 21.8 Å². The average molecular weight is 306 g/mol. The summed E-state index contributed by atoms with van der Waals surface area (Å²) in [6.07, 6.45) is 3.23. The first-order chi connectivity index (χ1) is 9.54. The van der Waals surface area contributed by atoms with Crippen molar-refractivity contribution in [2.24, 2.45) is 5.14 Å². The molecule has 0 aliphatic heterocycles. The van der Waals surface area contributed by atoms with Gasteiger partial charge >= 0.3 is 0 Å². The van der Waals surface area contributed by atoms with Crippen LogP contribution in [0.3, 0.4) is 0 Å². The van der Waals surface area contributed by atoms with Gasteiger partial charge in [0, 0.05) is 16.5 Å². The van der Waals surface area contributed by atoms with E-state index in [1.54, 1.807) is 24.7 Å². The summed E-state index contributed by atoms with van der Waals surface area (Å²) in [5.41, 5.74) is 2.54. The molecule has 0 radical (unpaired) electrons. The molecule has 0 aliphatic carbocycles. The Kier molecular flexibility index (Phi) is 3.17. The highest BCUT2D eigenvalue weighted by Gasteiger charge is 2.10. The van der Waals surface area contributed by atoms with E-state index >= 15 is 0 Å². The van der Waals surface area contributed by atoms with E-state index in [9.17, 15) is 8.42 Å². The third-order valence-electron chi connectivity index (χ3n) is 2.75. The van der Waals surface area contributed by atoms with Gasteiger partial charge in [0.25, 0.3) is 0 Å². The Morgan fingerprint density at radius 2 is 1.85 bits per heavy atom. The van der Waals surface area contributed by atoms with Gasteiger partial charge in [-0.2, -0.15) is 0 Å². The normalized spacial score (nSPS) is 11.7. The predicted molar refractivity (Wildman–Crippen MR) is 76.6 cm³/mol. The molecule has 0 unspecified atom stereocenters. The summed E-state index contributed by atoms with van der Waals surface area (Å²) < 4.78 is 27.4. The van der Waals surface area contributed by atoms with Crippen LogP contribution in [-0.2, 0) is 10.0 Å². The zero-order valence-corrected chi connectivity index (χ0v) is 11.8. The quantitative estimate of drug-likeness (QED) is 0.806. The fourth-order valence-corrected chi connectivity index (χ4v) is 3.07. The molecule has 2 N–H and O–H groups in total. The fourth-order valence-electron chi connectivity index (χ4n) is 1.74. The van der Waals surface area contributed by atoms with Crippen molar-refractivity contribution < 1.29 is 12.8 Å². The number of nitrogens with zero attached hydrogens (tertiary/aromatic N) is 1. The number of furan rings is 1. The molecule has 0 saturated carbocycles. The van der Waals surface area contributed by atoms with Crippen molar-refractivity contribution in [2.45, 2.75) is 4.90 Å². The molecule has 20 heavy (non-hydrogen) atoms. The summed E-state index contributed by atoms with van der Waals surface area (Å²) in [5.74, 6) is 0. The summed E-state index contributed by atoms with van der Waals surface area (Å²) in [6.45, 7) is 0. The van der Waals surface area contributed by atoms with E-state index in [-0.39, 0.29) is 4.90 Å². The minimum Gasteiger partial charge on any atom is -0.472 e. The lowest BCUT2D eigenvalue weighted by Gasteiger charge is -1.99. The van der Waals surface area contributed by atoms with Crippen LogP contribution in [0.25, 0.3) is 21.8 Å². The summed E-state index contributed by atoms with van der Waals surface area (Å²) in [7, 11) is -3.66. The molecular weight excluding hydrogens is 296 g/mol. The zero-order chi connectivity index (χ0) is 14.2. The molecule has 5 nitrogen and oxygen atoms in total. The van der Waals surface area contributed by atoms with Gasteiger partial charge in [-0.1, -0.05) is 12.1 Å². The number of benzene rings is 1. The predicted octanol–water partition coefficient (Wildman–Crippen LogP) is 2.72. The Morgan fingerprint density at radius 3 is 2.45 bits per heavy atom. The maximum atomic E-state index is 11.2. The molecule has 1 aromatic carbocycles. The van der Waals surface area contributed by atoms with E-state index in [1.165, 1.54) is 23.5 Å². The number of thiazole rings is 1. The molecule has 102 valence electrons. The molecule has 7 heteroatoms.